The second-order valence-electron chi connectivity index (χ2n) is 8.15. The van der Waals surface area contributed by atoms with Gasteiger partial charge in [0.1, 0.15) is 0 Å². The zero-order valence-corrected chi connectivity index (χ0v) is 12.7. The minimum Gasteiger partial charge on any atom is -0.331 e. The Labute approximate surface area is 116 Å². The number of rotatable bonds is 2. The van der Waals surface area contributed by atoms with Crippen LogP contribution in [0.3, 0.4) is 0 Å². The average molecular weight is 261 g/mol. The summed E-state index contributed by atoms with van der Waals surface area (Å²) in [4.78, 5) is 4.43. The Hall–Kier alpha value is -0.830. The molecular weight excluding hydrogens is 234 g/mol. The molecule has 0 radical (unpaired) electrons. The lowest BCUT2D eigenvalue weighted by Gasteiger charge is -2.46. The molecule has 0 atom stereocenters. The van der Waals surface area contributed by atoms with Crippen molar-refractivity contribution in [2.24, 2.45) is 10.8 Å². The van der Waals surface area contributed by atoms with E-state index in [0.717, 1.165) is 13.1 Å². The molecule has 1 aliphatic heterocycles. The van der Waals surface area contributed by atoms with Crippen molar-refractivity contribution in [1.82, 2.24) is 14.9 Å². The van der Waals surface area contributed by atoms with Gasteiger partial charge in [-0.1, -0.05) is 27.7 Å². The summed E-state index contributed by atoms with van der Waals surface area (Å²) in [6.07, 6.45) is 8.03. The summed E-state index contributed by atoms with van der Waals surface area (Å²) < 4.78 is 2.48. The van der Waals surface area contributed by atoms with Crippen molar-refractivity contribution in [2.45, 2.75) is 58.9 Å². The Bertz CT molecular complexity index is 438. The van der Waals surface area contributed by atoms with Gasteiger partial charge >= 0.3 is 0 Å². The van der Waals surface area contributed by atoms with Crippen molar-refractivity contribution >= 4 is 0 Å². The molecule has 1 saturated carbocycles. The molecule has 19 heavy (non-hydrogen) atoms. The van der Waals surface area contributed by atoms with Crippen LogP contribution in [-0.2, 0) is 0 Å². The van der Waals surface area contributed by atoms with E-state index in [1.165, 1.54) is 25.0 Å². The van der Waals surface area contributed by atoms with E-state index in [1.807, 2.05) is 0 Å². The summed E-state index contributed by atoms with van der Waals surface area (Å²) >= 11 is 0. The first-order valence-electron chi connectivity index (χ1n) is 7.59. The molecule has 2 heterocycles. The topological polar surface area (TPSA) is 29.9 Å². The second-order valence-corrected chi connectivity index (χ2v) is 8.15. The van der Waals surface area contributed by atoms with Gasteiger partial charge in [-0.25, -0.2) is 4.98 Å². The van der Waals surface area contributed by atoms with Gasteiger partial charge in [0, 0.05) is 36.9 Å². The number of imidazole rings is 1. The first-order valence-corrected chi connectivity index (χ1v) is 7.59. The normalized spacial score (nSPS) is 27.2. The van der Waals surface area contributed by atoms with Crippen LogP contribution < -0.4 is 5.32 Å². The van der Waals surface area contributed by atoms with Crippen molar-refractivity contribution in [3.63, 3.8) is 0 Å². The molecule has 1 aromatic rings. The molecule has 0 amide bonds. The number of nitrogens with one attached hydrogen (secondary N) is 1. The maximum atomic E-state index is 4.43. The molecule has 2 fully saturated rings. The summed E-state index contributed by atoms with van der Waals surface area (Å²) in [7, 11) is 0. The van der Waals surface area contributed by atoms with Crippen LogP contribution >= 0.6 is 0 Å². The highest BCUT2D eigenvalue weighted by Gasteiger charge is 2.40. The molecule has 1 aromatic heterocycles. The van der Waals surface area contributed by atoms with Gasteiger partial charge in [0.15, 0.2) is 0 Å². The first-order chi connectivity index (χ1) is 8.86. The molecule has 0 unspecified atom stereocenters. The minimum atomic E-state index is 0.436. The predicted octanol–water partition coefficient (Wildman–Crippen LogP) is 3.35. The lowest BCUT2D eigenvalue weighted by molar-refractivity contribution is 0.0704. The highest BCUT2D eigenvalue weighted by molar-refractivity contribution is 5.13. The zero-order chi connectivity index (χ0) is 13.7. The van der Waals surface area contributed by atoms with Gasteiger partial charge in [-0.2, -0.15) is 0 Å². The van der Waals surface area contributed by atoms with E-state index in [4.69, 9.17) is 0 Å². The van der Waals surface area contributed by atoms with E-state index in [9.17, 15) is 0 Å². The highest BCUT2D eigenvalue weighted by atomic mass is 15.1. The van der Waals surface area contributed by atoms with Gasteiger partial charge in [0.25, 0.3) is 0 Å². The van der Waals surface area contributed by atoms with Crippen LogP contribution in [0, 0.1) is 10.8 Å². The van der Waals surface area contributed by atoms with E-state index < -0.39 is 0 Å². The van der Waals surface area contributed by atoms with E-state index in [1.54, 1.807) is 0 Å². The van der Waals surface area contributed by atoms with Gasteiger partial charge in [-0.05, 0) is 30.1 Å². The fraction of sp³-hybridized carbons (Fsp3) is 0.812. The maximum Gasteiger partial charge on any atom is 0.0950 e. The zero-order valence-electron chi connectivity index (χ0n) is 12.7. The van der Waals surface area contributed by atoms with Crippen LogP contribution in [-0.4, -0.2) is 22.6 Å². The van der Waals surface area contributed by atoms with E-state index in [0.29, 0.717) is 22.8 Å². The number of nitrogens with zero attached hydrogens (tertiary/aromatic N) is 2. The summed E-state index contributed by atoms with van der Waals surface area (Å²) in [5.41, 5.74) is 2.31. The number of hydrogen-bond donors (Lipinski definition) is 1. The fourth-order valence-electron chi connectivity index (χ4n) is 4.42. The highest BCUT2D eigenvalue weighted by Crippen LogP contribution is 2.50. The summed E-state index contributed by atoms with van der Waals surface area (Å²) in [5, 5.41) is 3.37. The third-order valence-corrected chi connectivity index (χ3v) is 4.82. The first kappa shape index (κ1) is 13.2. The number of aromatic nitrogens is 2. The molecule has 2 aliphatic rings. The molecule has 3 nitrogen and oxygen atoms in total. The summed E-state index contributed by atoms with van der Waals surface area (Å²) in [5.74, 6) is 0.677. The molecule has 1 N–H and O–H groups in total. The molecule has 0 aromatic carbocycles. The van der Waals surface area contributed by atoms with Crippen molar-refractivity contribution in [3.8, 4) is 0 Å². The Morgan fingerprint density at radius 2 is 1.79 bits per heavy atom. The molecule has 0 bridgehead atoms. The van der Waals surface area contributed by atoms with Crippen LogP contribution in [0.4, 0.5) is 0 Å². The van der Waals surface area contributed by atoms with E-state index in [-0.39, 0.29) is 0 Å². The van der Waals surface area contributed by atoms with Gasteiger partial charge in [-0.15, -0.1) is 0 Å². The lowest BCUT2D eigenvalue weighted by atomic mass is 9.63. The number of hydrogen-bond acceptors (Lipinski definition) is 2. The van der Waals surface area contributed by atoms with Gasteiger partial charge in [0.2, 0.25) is 0 Å². The molecular formula is C16H27N3. The lowest BCUT2D eigenvalue weighted by Crippen LogP contribution is -2.42. The standard InChI is InChI=1S/C16H27N3/c1-15(2)5-13(6-16(3,4)10-15)19-11-18-9-14(19)12-7-17-8-12/h9,11-13,17H,5-8,10H2,1-4H3. The van der Waals surface area contributed by atoms with E-state index >= 15 is 0 Å². The second kappa shape index (κ2) is 4.34. The molecule has 1 saturated heterocycles. The van der Waals surface area contributed by atoms with Crippen LogP contribution in [0.2, 0.25) is 0 Å². The van der Waals surface area contributed by atoms with Gasteiger partial charge in [-0.3, -0.25) is 0 Å². The van der Waals surface area contributed by atoms with Crippen molar-refractivity contribution in [1.29, 1.82) is 0 Å². The van der Waals surface area contributed by atoms with Crippen LogP contribution in [0.25, 0.3) is 0 Å². The Kier molecular flexibility index (Phi) is 3.01. The van der Waals surface area contributed by atoms with Crippen LogP contribution in [0.15, 0.2) is 12.5 Å². The Morgan fingerprint density at radius 1 is 1.16 bits per heavy atom. The van der Waals surface area contributed by atoms with Crippen molar-refractivity contribution < 1.29 is 0 Å². The smallest absolute Gasteiger partial charge is 0.0950 e. The van der Waals surface area contributed by atoms with E-state index in [2.05, 4.69) is 55.1 Å². The molecule has 0 spiro atoms. The molecule has 106 valence electrons. The molecule has 1 aliphatic carbocycles. The largest absolute Gasteiger partial charge is 0.331 e. The summed E-state index contributed by atoms with van der Waals surface area (Å²) in [6, 6.07) is 0.622. The quantitative estimate of drug-likeness (QED) is 0.885. The summed E-state index contributed by atoms with van der Waals surface area (Å²) in [6.45, 7) is 11.9. The third kappa shape index (κ3) is 2.58. The fourth-order valence-corrected chi connectivity index (χ4v) is 4.42. The van der Waals surface area contributed by atoms with Crippen LogP contribution in [0.1, 0.15) is 64.6 Å². The van der Waals surface area contributed by atoms with Crippen LogP contribution in [0.5, 0.6) is 0 Å². The molecule has 3 rings (SSSR count). The minimum absolute atomic E-state index is 0.436. The van der Waals surface area contributed by atoms with Crippen molar-refractivity contribution in [3.05, 3.63) is 18.2 Å². The Balaban J connectivity index is 1.87. The average Bonchev–Trinajstić information content (AvgIpc) is 2.58. The monoisotopic (exact) mass is 261 g/mol. The van der Waals surface area contributed by atoms with Gasteiger partial charge < -0.3 is 9.88 Å². The Morgan fingerprint density at radius 3 is 2.32 bits per heavy atom. The predicted molar refractivity (Wildman–Crippen MR) is 78.3 cm³/mol. The van der Waals surface area contributed by atoms with Crippen molar-refractivity contribution in [2.75, 3.05) is 13.1 Å². The molecule has 3 heteroatoms. The third-order valence-electron chi connectivity index (χ3n) is 4.82. The maximum absolute atomic E-state index is 4.43. The van der Waals surface area contributed by atoms with Gasteiger partial charge in [0.05, 0.1) is 6.33 Å². The SMILES string of the molecule is CC1(C)CC(n2cncc2C2CNC2)CC(C)(C)C1.